The van der Waals surface area contributed by atoms with Crippen LogP contribution in [0.15, 0.2) is 24.3 Å². The molecule has 0 N–H and O–H groups in total. The van der Waals surface area contributed by atoms with Crippen molar-refractivity contribution < 1.29 is 9.47 Å². The molecular weight excluding hydrogens is 236 g/mol. The summed E-state index contributed by atoms with van der Waals surface area (Å²) in [7, 11) is 0. The molecule has 1 heterocycles. The van der Waals surface area contributed by atoms with Crippen molar-refractivity contribution in [3.8, 4) is 11.5 Å². The van der Waals surface area contributed by atoms with Gasteiger partial charge in [-0.25, -0.2) is 0 Å². The molecular formula is C17H26O2. The standard InChI is InChI=1S/C17H26O2/c1-3-5-9-13-17(14-10-6-4-2)18-15-11-7-8-12-16(15)19-17/h7-8,11-12H,3-6,9-10,13-14H2,1-2H3. The third-order valence-corrected chi connectivity index (χ3v) is 3.76. The van der Waals surface area contributed by atoms with Gasteiger partial charge in [0.1, 0.15) is 0 Å². The highest BCUT2D eigenvalue weighted by molar-refractivity contribution is 5.42. The van der Waals surface area contributed by atoms with E-state index in [9.17, 15) is 0 Å². The fourth-order valence-corrected chi connectivity index (χ4v) is 2.66. The van der Waals surface area contributed by atoms with Crippen molar-refractivity contribution in [1.82, 2.24) is 0 Å². The summed E-state index contributed by atoms with van der Waals surface area (Å²) in [6.07, 6.45) is 9.32. The molecule has 0 saturated heterocycles. The van der Waals surface area contributed by atoms with E-state index in [1.807, 2.05) is 24.3 Å². The zero-order valence-electron chi connectivity index (χ0n) is 12.3. The fraction of sp³-hybridized carbons (Fsp3) is 0.647. The first-order chi connectivity index (χ1) is 9.29. The maximum Gasteiger partial charge on any atom is 0.251 e. The van der Waals surface area contributed by atoms with Gasteiger partial charge >= 0.3 is 0 Å². The topological polar surface area (TPSA) is 18.5 Å². The Labute approximate surface area is 117 Å². The van der Waals surface area contributed by atoms with E-state index in [-0.39, 0.29) is 0 Å². The monoisotopic (exact) mass is 262 g/mol. The predicted octanol–water partition coefficient (Wildman–Crippen LogP) is 5.31. The molecule has 2 rings (SSSR count). The van der Waals surface area contributed by atoms with Gasteiger partial charge in [-0.3, -0.25) is 0 Å². The Morgan fingerprint density at radius 3 is 1.68 bits per heavy atom. The maximum atomic E-state index is 6.17. The van der Waals surface area contributed by atoms with E-state index >= 15 is 0 Å². The Morgan fingerprint density at radius 1 is 0.789 bits per heavy atom. The largest absolute Gasteiger partial charge is 0.448 e. The SMILES string of the molecule is CCCCCC1(CCCCC)Oc2ccccc2O1. The molecule has 106 valence electrons. The Balaban J connectivity index is 2.00. The predicted molar refractivity (Wildman–Crippen MR) is 78.7 cm³/mol. The summed E-state index contributed by atoms with van der Waals surface area (Å²) in [5.74, 6) is 1.43. The molecule has 2 nitrogen and oxygen atoms in total. The van der Waals surface area contributed by atoms with Crippen LogP contribution in [0.5, 0.6) is 11.5 Å². The lowest BCUT2D eigenvalue weighted by atomic mass is 10.0. The average Bonchev–Trinajstić information content (AvgIpc) is 2.78. The van der Waals surface area contributed by atoms with Crippen molar-refractivity contribution in [2.45, 2.75) is 71.0 Å². The van der Waals surface area contributed by atoms with Gasteiger partial charge in [0.05, 0.1) is 0 Å². The number of hydrogen-bond acceptors (Lipinski definition) is 2. The summed E-state index contributed by atoms with van der Waals surface area (Å²) < 4.78 is 12.3. The summed E-state index contributed by atoms with van der Waals surface area (Å²) in [5, 5.41) is 0. The first-order valence-electron chi connectivity index (χ1n) is 7.77. The van der Waals surface area contributed by atoms with E-state index in [1.54, 1.807) is 0 Å². The molecule has 0 aromatic heterocycles. The molecule has 1 aromatic rings. The van der Waals surface area contributed by atoms with Gasteiger partial charge in [-0.2, -0.15) is 0 Å². The summed E-state index contributed by atoms with van der Waals surface area (Å²) in [6.45, 7) is 4.46. The minimum atomic E-state index is -0.395. The van der Waals surface area contributed by atoms with Crippen LogP contribution in [0.1, 0.15) is 65.2 Å². The number of fused-ring (bicyclic) bond motifs is 1. The van der Waals surface area contributed by atoms with E-state index in [4.69, 9.17) is 9.47 Å². The molecule has 0 radical (unpaired) electrons. The van der Waals surface area contributed by atoms with Crippen LogP contribution in [0.4, 0.5) is 0 Å². The fourth-order valence-electron chi connectivity index (χ4n) is 2.66. The van der Waals surface area contributed by atoms with Crippen LogP contribution in [0.2, 0.25) is 0 Å². The van der Waals surface area contributed by atoms with Crippen LogP contribution in [0.25, 0.3) is 0 Å². The minimum Gasteiger partial charge on any atom is -0.448 e. The van der Waals surface area contributed by atoms with Crippen LogP contribution in [0.3, 0.4) is 0 Å². The van der Waals surface area contributed by atoms with Crippen molar-refractivity contribution in [1.29, 1.82) is 0 Å². The number of unbranched alkanes of at least 4 members (excludes halogenated alkanes) is 4. The zero-order valence-corrected chi connectivity index (χ0v) is 12.3. The van der Waals surface area contributed by atoms with Crippen LogP contribution in [-0.2, 0) is 0 Å². The molecule has 2 heteroatoms. The molecule has 0 unspecified atom stereocenters. The first-order valence-corrected chi connectivity index (χ1v) is 7.77. The molecule has 0 amide bonds. The molecule has 0 fully saturated rings. The Hall–Kier alpha value is -1.18. The Bertz CT molecular complexity index is 350. The molecule has 0 aliphatic carbocycles. The smallest absolute Gasteiger partial charge is 0.251 e. The highest BCUT2D eigenvalue weighted by atomic mass is 16.7. The average molecular weight is 262 g/mol. The number of rotatable bonds is 8. The van der Waals surface area contributed by atoms with E-state index in [1.165, 1.54) is 38.5 Å². The second-order valence-electron chi connectivity index (χ2n) is 5.48. The van der Waals surface area contributed by atoms with Gasteiger partial charge in [-0.1, -0.05) is 51.7 Å². The molecule has 1 aliphatic heterocycles. The summed E-state index contributed by atoms with van der Waals surface area (Å²) >= 11 is 0. The molecule has 1 aliphatic rings. The van der Waals surface area contributed by atoms with Gasteiger partial charge in [0.25, 0.3) is 5.79 Å². The van der Waals surface area contributed by atoms with Crippen molar-refractivity contribution >= 4 is 0 Å². The molecule has 0 saturated carbocycles. The van der Waals surface area contributed by atoms with E-state index < -0.39 is 5.79 Å². The highest BCUT2D eigenvalue weighted by Gasteiger charge is 2.40. The lowest BCUT2D eigenvalue weighted by Gasteiger charge is -2.28. The lowest BCUT2D eigenvalue weighted by molar-refractivity contribution is -0.0948. The van der Waals surface area contributed by atoms with Gasteiger partial charge in [0, 0.05) is 12.8 Å². The van der Waals surface area contributed by atoms with Crippen LogP contribution in [-0.4, -0.2) is 5.79 Å². The lowest BCUT2D eigenvalue weighted by Crippen LogP contribution is -2.38. The summed E-state index contributed by atoms with van der Waals surface area (Å²) in [5.41, 5.74) is 0. The number of hydrogen-bond donors (Lipinski definition) is 0. The number of para-hydroxylation sites is 2. The zero-order chi connectivity index (χ0) is 13.6. The van der Waals surface area contributed by atoms with Crippen molar-refractivity contribution in [3.05, 3.63) is 24.3 Å². The number of ether oxygens (including phenoxy) is 2. The van der Waals surface area contributed by atoms with Gasteiger partial charge in [-0.15, -0.1) is 0 Å². The minimum absolute atomic E-state index is 0.395. The third kappa shape index (κ3) is 3.65. The van der Waals surface area contributed by atoms with Crippen LogP contribution >= 0.6 is 0 Å². The molecule has 19 heavy (non-hydrogen) atoms. The normalized spacial score (nSPS) is 15.7. The van der Waals surface area contributed by atoms with Crippen molar-refractivity contribution in [2.24, 2.45) is 0 Å². The van der Waals surface area contributed by atoms with Gasteiger partial charge < -0.3 is 9.47 Å². The molecule has 0 atom stereocenters. The van der Waals surface area contributed by atoms with E-state index in [0.29, 0.717) is 0 Å². The first kappa shape index (κ1) is 14.2. The second-order valence-corrected chi connectivity index (χ2v) is 5.48. The summed E-state index contributed by atoms with van der Waals surface area (Å²) in [4.78, 5) is 0. The summed E-state index contributed by atoms with van der Waals surface area (Å²) in [6, 6.07) is 8.04. The maximum absolute atomic E-state index is 6.17. The molecule has 0 spiro atoms. The highest BCUT2D eigenvalue weighted by Crippen LogP contribution is 2.43. The Kier molecular flexibility index (Phi) is 5.12. The molecule has 1 aromatic carbocycles. The van der Waals surface area contributed by atoms with Crippen LogP contribution in [0, 0.1) is 0 Å². The van der Waals surface area contributed by atoms with Gasteiger partial charge in [-0.05, 0) is 25.0 Å². The quantitative estimate of drug-likeness (QED) is 0.591. The van der Waals surface area contributed by atoms with Crippen molar-refractivity contribution in [2.75, 3.05) is 0 Å². The second kappa shape index (κ2) is 6.83. The van der Waals surface area contributed by atoms with Gasteiger partial charge in [0.2, 0.25) is 0 Å². The van der Waals surface area contributed by atoms with Crippen LogP contribution < -0.4 is 9.47 Å². The van der Waals surface area contributed by atoms with Crippen molar-refractivity contribution in [3.63, 3.8) is 0 Å². The van der Waals surface area contributed by atoms with Gasteiger partial charge in [0.15, 0.2) is 11.5 Å². The van der Waals surface area contributed by atoms with E-state index in [2.05, 4.69) is 13.8 Å². The molecule has 0 bridgehead atoms. The van der Waals surface area contributed by atoms with E-state index in [0.717, 1.165) is 24.3 Å². The third-order valence-electron chi connectivity index (χ3n) is 3.76. The Morgan fingerprint density at radius 2 is 1.26 bits per heavy atom. The number of benzene rings is 1.